The summed E-state index contributed by atoms with van der Waals surface area (Å²) >= 11 is 14.2. The number of carbonyl (C=O) groups is 4. The highest BCUT2D eigenvalue weighted by molar-refractivity contribution is 9.08. The smallest absolute Gasteiger partial charge is 0.416 e. The van der Waals surface area contributed by atoms with Gasteiger partial charge in [0.2, 0.25) is 0 Å². The van der Waals surface area contributed by atoms with Crippen LogP contribution in [0.25, 0.3) is 44.5 Å². The number of rotatable bonds is 20. The Hall–Kier alpha value is -13.5. The zero-order valence-corrected chi connectivity index (χ0v) is 84.1. The Labute approximate surface area is 851 Å². The summed E-state index contributed by atoms with van der Waals surface area (Å²) in [5.74, 6) is -3.98. The lowest BCUT2D eigenvalue weighted by molar-refractivity contribution is -0.139. The first kappa shape index (κ1) is 111. The van der Waals surface area contributed by atoms with E-state index in [0.29, 0.717) is 139 Å². The van der Waals surface area contributed by atoms with E-state index in [2.05, 4.69) is 36.8 Å². The molecule has 0 saturated carbocycles. The first-order valence-corrected chi connectivity index (χ1v) is 48.3. The number of nitrogen functional groups attached to an aromatic ring is 1. The number of benzene rings is 8. The van der Waals surface area contributed by atoms with E-state index in [-0.39, 0.29) is 90.3 Å². The third-order valence-corrected chi connectivity index (χ3v) is 25.9. The standard InChI is InChI=1S/C28H30F3N3O3.2C26H25ClF3N3O3.C17H21N3O2.C9H6BrF3O2/c1-4-5-19-7-8-20(14-24(19)28(29,30)31)26(35)32-22-9-6-18(2)23(16-22)21-15-25(27(36)33(3)17-21)34-10-12-37-13-11-34;2*1-16-3-6-20(31-24(34)17-4-5-18(14-27)22(11-17)26(28,29)30)13-21(16)19-12-23(25(35)32(2)15-19)33-7-9-36-10-8-33;1-12-3-4-14(18)10-15(12)13-9-16(17(21)19(2)11-13)20-5-7-22-8-6-20;10-4-6-2-1-5(8(14)15)3-7(6)9(11,12)13/h6-9,14-17H,4-5,10-13H2,1-3H3,(H,32,35);2*3-6,11-13,15H,7-10,14H2,1-2H3,(H,31,34);3-4,9-11H,5-8,18H2,1-2H3;1-3H,4H2,(H,14,15). The van der Waals surface area contributed by atoms with Crippen molar-refractivity contribution in [3.8, 4) is 44.5 Å². The highest BCUT2D eigenvalue weighted by Crippen LogP contribution is 2.41. The molecule has 6 N–H and O–H groups in total. The topological polar surface area (TPSA) is 288 Å². The van der Waals surface area contributed by atoms with E-state index in [1.165, 1.54) is 50.1 Å². The maximum Gasteiger partial charge on any atom is 0.416 e. The van der Waals surface area contributed by atoms with Crippen LogP contribution < -0.4 is 63.5 Å². The number of anilines is 8. The Bertz CT molecular complexity index is 6840. The molecule has 16 rings (SSSR count). The first-order chi connectivity index (χ1) is 69.2. The number of aryl methyl sites for hydroxylation is 9. The molecule has 25 nitrogen and oxygen atoms in total. The van der Waals surface area contributed by atoms with Gasteiger partial charge < -0.3 is 83.6 Å². The van der Waals surface area contributed by atoms with Gasteiger partial charge in [-0.05, 0) is 222 Å². The predicted molar refractivity (Wildman–Crippen MR) is 546 cm³/mol. The van der Waals surface area contributed by atoms with E-state index in [4.69, 9.17) is 53.0 Å². The number of aromatic carboxylic acids is 1. The number of hydrogen-bond donors (Lipinski definition) is 5. The number of nitrogens with one attached hydrogen (secondary N) is 3. The number of carbonyl (C=O) groups excluding carboxylic acids is 3. The van der Waals surface area contributed by atoms with Gasteiger partial charge in [0.15, 0.2) is 0 Å². The number of carboxylic acids is 1. The number of nitrogens with zero attached hydrogens (tertiary/aromatic N) is 8. The number of aromatic nitrogens is 4. The van der Waals surface area contributed by atoms with Gasteiger partial charge in [0.05, 0.1) is 80.7 Å². The van der Waals surface area contributed by atoms with E-state index in [0.717, 1.165) is 122 Å². The van der Waals surface area contributed by atoms with Crippen LogP contribution in [0, 0.1) is 27.7 Å². The molecular formula is C106H107BrCl2F12N12O13. The Kier molecular flexibility index (Phi) is 37.1. The first-order valence-electron chi connectivity index (χ1n) is 46.2. The highest BCUT2D eigenvalue weighted by Gasteiger charge is 2.38. The molecule has 12 aromatic rings. The zero-order chi connectivity index (χ0) is 106. The van der Waals surface area contributed by atoms with Crippen LogP contribution in [0.2, 0.25) is 0 Å². The van der Waals surface area contributed by atoms with Crippen LogP contribution in [0.4, 0.5) is 98.2 Å². The predicted octanol–water partition coefficient (Wildman–Crippen LogP) is 20.9. The second-order valence-electron chi connectivity index (χ2n) is 35.0. The van der Waals surface area contributed by atoms with E-state index < -0.39 is 70.6 Å². The molecule has 8 heterocycles. The molecule has 0 unspecified atom stereocenters. The van der Waals surface area contributed by atoms with Crippen LogP contribution in [0.1, 0.15) is 122 Å². The maximum atomic E-state index is 13.6. The molecular weight excluding hydrogens is 2030 g/mol. The Morgan fingerprint density at radius 1 is 0.356 bits per heavy atom. The number of pyridine rings is 4. The molecule has 774 valence electrons. The summed E-state index contributed by atoms with van der Waals surface area (Å²) in [6.45, 7) is 19.3. The Balaban J connectivity index is 0.000000167. The number of carboxylic acid groups (broad SMARTS) is 1. The van der Waals surface area contributed by atoms with Gasteiger partial charge in [-0.2, -0.15) is 52.7 Å². The fourth-order valence-electron chi connectivity index (χ4n) is 16.8. The molecule has 40 heteroatoms. The molecule has 0 aliphatic carbocycles. The summed E-state index contributed by atoms with van der Waals surface area (Å²) in [4.78, 5) is 108. The zero-order valence-electron chi connectivity index (χ0n) is 81.0. The van der Waals surface area contributed by atoms with Crippen LogP contribution in [0.15, 0.2) is 214 Å². The monoisotopic (exact) mass is 2130 g/mol. The molecule has 0 bridgehead atoms. The van der Waals surface area contributed by atoms with Gasteiger partial charge in [-0.1, -0.05) is 77.8 Å². The van der Waals surface area contributed by atoms with Crippen molar-refractivity contribution in [3.63, 3.8) is 0 Å². The number of amides is 3. The summed E-state index contributed by atoms with van der Waals surface area (Å²) in [5.41, 5.74) is 16.4. The summed E-state index contributed by atoms with van der Waals surface area (Å²) in [5, 5.41) is 16.7. The lowest BCUT2D eigenvalue weighted by Gasteiger charge is -2.29. The number of hydrogen-bond acceptors (Lipinski definition) is 17. The Morgan fingerprint density at radius 2 is 0.603 bits per heavy atom. The number of morpholine rings is 4. The number of ether oxygens (including phenoxy) is 4. The summed E-state index contributed by atoms with van der Waals surface area (Å²) < 4.78 is 186. The molecule has 4 aliphatic heterocycles. The van der Waals surface area contributed by atoms with Gasteiger partial charge in [-0.15, -0.1) is 23.2 Å². The average Bonchev–Trinajstić information content (AvgIpc) is 0.791. The molecule has 0 atom stereocenters. The van der Waals surface area contributed by atoms with Crippen molar-refractivity contribution in [1.29, 1.82) is 0 Å². The van der Waals surface area contributed by atoms with Crippen LogP contribution in [0.3, 0.4) is 0 Å². The quantitative estimate of drug-likeness (QED) is 0.0269. The van der Waals surface area contributed by atoms with Gasteiger partial charge in [0, 0.05) is 184 Å². The van der Waals surface area contributed by atoms with Crippen LogP contribution in [0.5, 0.6) is 0 Å². The molecule has 3 amide bonds. The normalized spacial score (nSPS) is 14.0. The van der Waals surface area contributed by atoms with Gasteiger partial charge in [-0.25, -0.2) is 4.79 Å². The summed E-state index contributed by atoms with van der Waals surface area (Å²) in [6, 6.07) is 42.4. The molecule has 0 radical (unpaired) electrons. The van der Waals surface area contributed by atoms with Crippen molar-refractivity contribution in [2.24, 2.45) is 28.2 Å². The fourth-order valence-corrected chi connectivity index (χ4v) is 17.8. The molecule has 146 heavy (non-hydrogen) atoms. The third kappa shape index (κ3) is 28.0. The minimum Gasteiger partial charge on any atom is -0.478 e. The molecule has 0 spiro atoms. The summed E-state index contributed by atoms with van der Waals surface area (Å²) in [6.07, 6.45) is -10.4. The highest BCUT2D eigenvalue weighted by atomic mass is 79.9. The van der Waals surface area contributed by atoms with Gasteiger partial charge in [0.1, 0.15) is 22.7 Å². The van der Waals surface area contributed by atoms with Crippen molar-refractivity contribution in [1.82, 2.24) is 18.3 Å². The third-order valence-electron chi connectivity index (χ3n) is 24.7. The molecule has 4 fully saturated rings. The van der Waals surface area contributed by atoms with Crippen molar-refractivity contribution in [2.45, 2.75) is 89.3 Å². The second-order valence-corrected chi connectivity index (χ2v) is 36.1. The lowest BCUT2D eigenvalue weighted by Crippen LogP contribution is -2.40. The van der Waals surface area contributed by atoms with Crippen molar-refractivity contribution >= 4 is 108 Å². The number of halogens is 15. The number of alkyl halides is 15. The van der Waals surface area contributed by atoms with Crippen molar-refractivity contribution in [3.05, 3.63) is 325 Å². The molecule has 4 saturated heterocycles. The van der Waals surface area contributed by atoms with Crippen LogP contribution in [-0.4, -0.2) is 152 Å². The van der Waals surface area contributed by atoms with Crippen molar-refractivity contribution in [2.75, 3.05) is 146 Å². The lowest BCUT2D eigenvalue weighted by atomic mass is 9.99. The van der Waals surface area contributed by atoms with Gasteiger partial charge in [0.25, 0.3) is 40.0 Å². The van der Waals surface area contributed by atoms with E-state index in [1.54, 1.807) is 87.7 Å². The SMILES string of the molecule is CCCc1ccc(C(=O)Nc2ccc(C)c(-c3cc(N4CCOCC4)c(=O)n(C)c3)c2)cc1C(F)(F)F.Cc1ccc(N)cc1-c1cc(N2CCOCC2)c(=O)n(C)c1.Cc1ccc(NC(=O)c2ccc(CCl)c(C(F)(F)F)c2)cc1-c1cc(N2CCOCC2)c(=O)n(C)c1.Cc1ccc(NC(=O)c2ccc(CCl)c(C(F)(F)F)c2)cc1-c1cc(N2CCOCC2)c(=O)n(C)c1.O=C(O)c1ccc(CBr)c(C(F)(F)F)c1. The maximum absolute atomic E-state index is 13.6. The Morgan fingerprint density at radius 3 is 0.870 bits per heavy atom. The van der Waals surface area contributed by atoms with E-state index in [9.17, 15) is 91.0 Å². The van der Waals surface area contributed by atoms with Gasteiger partial charge in [-0.3, -0.25) is 33.6 Å². The fraction of sp³-hybridized carbons (Fsp3) is 0.321. The second kappa shape index (κ2) is 48.7. The van der Waals surface area contributed by atoms with E-state index >= 15 is 0 Å². The minimum absolute atomic E-state index is 0.0206. The summed E-state index contributed by atoms with van der Waals surface area (Å²) in [7, 11) is 6.84. The average molecular weight is 2140 g/mol. The largest absolute Gasteiger partial charge is 0.478 e. The van der Waals surface area contributed by atoms with Crippen LogP contribution >= 0.6 is 39.1 Å². The van der Waals surface area contributed by atoms with Crippen LogP contribution in [-0.2, 0) is 95.4 Å². The van der Waals surface area contributed by atoms with E-state index in [1.807, 2.05) is 116 Å². The van der Waals surface area contributed by atoms with Gasteiger partial charge >= 0.3 is 30.7 Å². The van der Waals surface area contributed by atoms with Crippen molar-refractivity contribution < 1.29 is 95.9 Å². The molecule has 8 aromatic carbocycles. The minimum atomic E-state index is -4.63. The molecule has 4 aromatic heterocycles. The molecule has 4 aliphatic rings. The number of nitrogens with two attached hydrogens (primary N) is 1.